The number of H-pyrrole nitrogens is 2. The highest BCUT2D eigenvalue weighted by Gasteiger charge is 2.32. The Labute approximate surface area is 160 Å². The molecule has 9 nitrogen and oxygen atoms in total. The molecule has 4 rings (SSSR count). The molecule has 0 fully saturated rings. The second-order valence-corrected chi connectivity index (χ2v) is 7.58. The molecule has 0 radical (unpaired) electrons. The number of rotatable bonds is 4. The molecule has 0 aliphatic heterocycles. The van der Waals surface area contributed by atoms with Crippen LogP contribution >= 0.6 is 0 Å². The first-order chi connectivity index (χ1) is 13.6. The fourth-order valence-corrected chi connectivity index (χ4v) is 3.85. The molecule has 3 aromatic heterocycles. The largest absolute Gasteiger partial charge is 0.416 e. The highest BCUT2D eigenvalue weighted by molar-refractivity contribution is 7.92. The van der Waals surface area contributed by atoms with Crippen molar-refractivity contribution in [1.82, 2.24) is 24.6 Å². The predicted molar refractivity (Wildman–Crippen MR) is 95.6 cm³/mol. The molecule has 29 heavy (non-hydrogen) atoms. The number of hydrogen-bond acceptors (Lipinski definition) is 5. The maximum atomic E-state index is 13.3. The average Bonchev–Trinajstić information content (AvgIpc) is 3.27. The fraction of sp³-hybridized carbons (Fsp3) is 0.0625. The van der Waals surface area contributed by atoms with Crippen molar-refractivity contribution < 1.29 is 21.6 Å². The summed E-state index contributed by atoms with van der Waals surface area (Å²) in [6.45, 7) is 0. The van der Waals surface area contributed by atoms with Crippen LogP contribution < -0.4 is 10.4 Å². The standard InChI is InChI=1S/C16H11F3N6O3S/c17-16(18,19)10-5-9(14-21-15(26)23-22-14)6-11(7-10)24-29(27,28)13-8-20-12-3-1-2-4-25(12)13/h1-8,24H,(H2,21,22,23,26). The SMILES string of the molecule is O=c1[nH]nc(-c2cc(NS(=O)(=O)c3cnc4ccccn34)cc(C(F)(F)F)c2)[nH]1. The molecule has 13 heteroatoms. The molecule has 3 heterocycles. The summed E-state index contributed by atoms with van der Waals surface area (Å²) in [6, 6.07) is 7.35. The molecule has 0 unspecified atom stereocenters. The van der Waals surface area contributed by atoms with E-state index >= 15 is 0 Å². The van der Waals surface area contributed by atoms with E-state index in [4.69, 9.17) is 0 Å². The number of pyridine rings is 1. The summed E-state index contributed by atoms with van der Waals surface area (Å²) in [7, 11) is -4.27. The number of sulfonamides is 1. The first-order valence-corrected chi connectivity index (χ1v) is 9.44. The van der Waals surface area contributed by atoms with Crippen LogP contribution in [0.3, 0.4) is 0 Å². The van der Waals surface area contributed by atoms with Gasteiger partial charge in [0.1, 0.15) is 5.65 Å². The molecule has 0 aliphatic rings. The van der Waals surface area contributed by atoms with Gasteiger partial charge in [-0.1, -0.05) is 6.07 Å². The van der Waals surface area contributed by atoms with Crippen LogP contribution in [0, 0.1) is 0 Å². The van der Waals surface area contributed by atoms with Crippen LogP contribution in [-0.4, -0.2) is 33.0 Å². The van der Waals surface area contributed by atoms with Crippen LogP contribution in [0.15, 0.2) is 58.6 Å². The third-order valence-electron chi connectivity index (χ3n) is 3.95. The van der Waals surface area contributed by atoms with Crippen molar-refractivity contribution in [2.45, 2.75) is 11.2 Å². The highest BCUT2D eigenvalue weighted by Crippen LogP contribution is 2.34. The third kappa shape index (κ3) is 3.59. The first kappa shape index (κ1) is 18.7. The number of alkyl halides is 3. The zero-order valence-corrected chi connectivity index (χ0v) is 15.0. The van der Waals surface area contributed by atoms with Gasteiger partial charge in [-0.3, -0.25) is 14.1 Å². The maximum Gasteiger partial charge on any atom is 0.416 e. The van der Waals surface area contributed by atoms with Crippen LogP contribution in [0.1, 0.15) is 5.56 Å². The number of nitrogens with one attached hydrogen (secondary N) is 3. The Balaban J connectivity index is 1.81. The second-order valence-electron chi connectivity index (χ2n) is 5.95. The Morgan fingerprint density at radius 3 is 2.62 bits per heavy atom. The quantitative estimate of drug-likeness (QED) is 0.463. The molecule has 150 valence electrons. The predicted octanol–water partition coefficient (Wildman–Crippen LogP) is 2.23. The lowest BCUT2D eigenvalue weighted by Gasteiger charge is -2.13. The lowest BCUT2D eigenvalue weighted by atomic mass is 10.1. The van der Waals surface area contributed by atoms with E-state index in [1.54, 1.807) is 18.2 Å². The van der Waals surface area contributed by atoms with Crippen LogP contribution in [0.2, 0.25) is 0 Å². The number of imidazole rings is 1. The van der Waals surface area contributed by atoms with Crippen LogP contribution in [-0.2, 0) is 16.2 Å². The van der Waals surface area contributed by atoms with Gasteiger partial charge in [0.2, 0.25) is 0 Å². The lowest BCUT2D eigenvalue weighted by Crippen LogP contribution is -2.16. The van der Waals surface area contributed by atoms with E-state index in [9.17, 15) is 26.4 Å². The van der Waals surface area contributed by atoms with Crippen molar-refractivity contribution >= 4 is 21.4 Å². The van der Waals surface area contributed by atoms with Gasteiger partial charge >= 0.3 is 11.9 Å². The Bertz CT molecular complexity index is 1370. The zero-order valence-electron chi connectivity index (χ0n) is 14.2. The number of hydrogen-bond donors (Lipinski definition) is 3. The number of aromatic amines is 2. The van der Waals surface area contributed by atoms with Crippen LogP contribution in [0.4, 0.5) is 18.9 Å². The first-order valence-electron chi connectivity index (χ1n) is 7.96. The number of fused-ring (bicyclic) bond motifs is 1. The number of anilines is 1. The molecule has 0 amide bonds. The normalized spacial score (nSPS) is 12.4. The average molecular weight is 424 g/mol. The minimum absolute atomic E-state index is 0.131. The summed E-state index contributed by atoms with van der Waals surface area (Å²) in [5.41, 5.74) is -1.97. The van der Waals surface area contributed by atoms with Gasteiger partial charge < -0.3 is 0 Å². The molecular weight excluding hydrogens is 413 g/mol. The van der Waals surface area contributed by atoms with E-state index in [-0.39, 0.29) is 22.1 Å². The van der Waals surface area contributed by atoms with E-state index in [0.29, 0.717) is 11.7 Å². The molecule has 0 aliphatic carbocycles. The molecular formula is C16H11F3N6O3S. The Morgan fingerprint density at radius 2 is 1.93 bits per heavy atom. The van der Waals surface area contributed by atoms with Crippen LogP contribution in [0.5, 0.6) is 0 Å². The van der Waals surface area contributed by atoms with E-state index in [2.05, 4.69) is 19.8 Å². The van der Waals surface area contributed by atoms with Gasteiger partial charge in [0, 0.05) is 11.8 Å². The van der Waals surface area contributed by atoms with E-state index < -0.39 is 27.5 Å². The van der Waals surface area contributed by atoms with Crippen molar-refractivity contribution in [3.63, 3.8) is 0 Å². The smallest absolute Gasteiger partial charge is 0.289 e. The van der Waals surface area contributed by atoms with Gasteiger partial charge in [-0.2, -0.15) is 26.7 Å². The number of aromatic nitrogens is 5. The number of nitrogens with zero attached hydrogens (tertiary/aromatic N) is 3. The summed E-state index contributed by atoms with van der Waals surface area (Å²) < 4.78 is 68.8. The van der Waals surface area contributed by atoms with Gasteiger partial charge in [-0.25, -0.2) is 14.9 Å². The maximum absolute atomic E-state index is 13.3. The second kappa shape index (κ2) is 6.48. The van der Waals surface area contributed by atoms with Gasteiger partial charge in [0.05, 0.1) is 17.4 Å². The summed E-state index contributed by atoms with van der Waals surface area (Å²) in [5, 5.41) is 5.38. The van der Waals surface area contributed by atoms with E-state index in [1.807, 2.05) is 5.10 Å². The molecule has 0 saturated heterocycles. The Morgan fingerprint density at radius 1 is 1.14 bits per heavy atom. The molecule has 0 spiro atoms. The molecule has 3 N–H and O–H groups in total. The molecule has 4 aromatic rings. The van der Waals surface area contributed by atoms with Gasteiger partial charge in [-0.15, -0.1) is 0 Å². The number of benzene rings is 1. The third-order valence-corrected chi connectivity index (χ3v) is 5.30. The lowest BCUT2D eigenvalue weighted by molar-refractivity contribution is -0.137. The highest BCUT2D eigenvalue weighted by atomic mass is 32.2. The van der Waals surface area contributed by atoms with E-state index in [0.717, 1.165) is 18.3 Å². The fourth-order valence-electron chi connectivity index (χ4n) is 2.71. The Hall–Kier alpha value is -3.61. The van der Waals surface area contributed by atoms with Gasteiger partial charge in [0.25, 0.3) is 10.0 Å². The van der Waals surface area contributed by atoms with Crippen molar-refractivity contribution in [1.29, 1.82) is 0 Å². The molecule has 1 aromatic carbocycles. The van der Waals surface area contributed by atoms with Crippen molar-refractivity contribution in [3.8, 4) is 11.4 Å². The Kier molecular flexibility index (Phi) is 4.19. The minimum Gasteiger partial charge on any atom is -0.289 e. The molecule has 0 saturated carbocycles. The number of halogens is 3. The van der Waals surface area contributed by atoms with Crippen molar-refractivity contribution in [2.75, 3.05) is 4.72 Å². The topological polar surface area (TPSA) is 125 Å². The van der Waals surface area contributed by atoms with Crippen molar-refractivity contribution in [3.05, 3.63) is 64.8 Å². The monoisotopic (exact) mass is 424 g/mol. The minimum atomic E-state index is -4.75. The summed E-state index contributed by atoms with van der Waals surface area (Å²) in [5.74, 6) is -0.170. The van der Waals surface area contributed by atoms with E-state index in [1.165, 1.54) is 10.6 Å². The van der Waals surface area contributed by atoms with Crippen LogP contribution in [0.25, 0.3) is 17.0 Å². The zero-order chi connectivity index (χ0) is 20.8. The summed E-state index contributed by atoms with van der Waals surface area (Å²) in [4.78, 5) is 17.4. The van der Waals surface area contributed by atoms with Crippen molar-refractivity contribution in [2.24, 2.45) is 0 Å². The molecule has 0 bridgehead atoms. The van der Waals surface area contributed by atoms with Gasteiger partial charge in [0.15, 0.2) is 10.9 Å². The van der Waals surface area contributed by atoms with Gasteiger partial charge in [-0.05, 0) is 30.3 Å². The summed E-state index contributed by atoms with van der Waals surface area (Å²) in [6.07, 6.45) is -2.20. The summed E-state index contributed by atoms with van der Waals surface area (Å²) >= 11 is 0. The molecule has 0 atom stereocenters.